The predicted molar refractivity (Wildman–Crippen MR) is 102 cm³/mol. The van der Waals surface area contributed by atoms with Crippen molar-refractivity contribution in [3.05, 3.63) is 89.0 Å². The van der Waals surface area contributed by atoms with Crippen LogP contribution in [-0.2, 0) is 12.4 Å². The second-order valence-electron chi connectivity index (χ2n) is 6.82. The summed E-state index contributed by atoms with van der Waals surface area (Å²) in [4.78, 5) is 20.6. The molecular weight excluding hydrogens is 438 g/mol. The van der Waals surface area contributed by atoms with Crippen LogP contribution >= 0.6 is 0 Å². The number of carbonyl (C=O) groups is 1. The van der Waals surface area contributed by atoms with Crippen LogP contribution in [0.15, 0.2) is 60.9 Å². The number of halogens is 6. The maximum Gasteiger partial charge on any atom is 0.418 e. The van der Waals surface area contributed by atoms with Gasteiger partial charge in [0.05, 0.1) is 30.1 Å². The SMILES string of the molecule is COc1ccc(C(=O)C[C@@H](c2ccc(C(F)(F)F)cc2)c2ncccc2C(F)(F)F)nc1. The molecule has 3 aromatic rings. The van der Waals surface area contributed by atoms with Gasteiger partial charge in [0.25, 0.3) is 0 Å². The molecule has 0 saturated heterocycles. The largest absolute Gasteiger partial charge is 0.495 e. The average molecular weight is 454 g/mol. The van der Waals surface area contributed by atoms with Gasteiger partial charge in [0.15, 0.2) is 5.78 Å². The van der Waals surface area contributed by atoms with E-state index in [1.165, 1.54) is 25.4 Å². The van der Waals surface area contributed by atoms with Crippen molar-refractivity contribution in [3.8, 4) is 5.75 Å². The molecule has 0 radical (unpaired) electrons. The lowest BCUT2D eigenvalue weighted by Gasteiger charge is -2.21. The number of nitrogens with zero attached hydrogens (tertiary/aromatic N) is 2. The molecule has 0 saturated carbocycles. The molecule has 0 unspecified atom stereocenters. The molecule has 32 heavy (non-hydrogen) atoms. The smallest absolute Gasteiger partial charge is 0.418 e. The molecule has 0 amide bonds. The Morgan fingerprint density at radius 3 is 2.16 bits per heavy atom. The summed E-state index contributed by atoms with van der Waals surface area (Å²) in [6.07, 6.45) is -7.45. The van der Waals surface area contributed by atoms with Crippen LogP contribution in [0.1, 0.15) is 45.2 Å². The summed E-state index contributed by atoms with van der Waals surface area (Å²) in [6.45, 7) is 0. The maximum absolute atomic E-state index is 13.6. The number of benzene rings is 1. The van der Waals surface area contributed by atoms with Gasteiger partial charge in [0, 0.05) is 18.5 Å². The molecule has 4 nitrogen and oxygen atoms in total. The van der Waals surface area contributed by atoms with E-state index in [1.807, 2.05) is 0 Å². The Bertz CT molecular complexity index is 1080. The van der Waals surface area contributed by atoms with Crippen LogP contribution in [0.4, 0.5) is 26.3 Å². The highest BCUT2D eigenvalue weighted by Crippen LogP contribution is 2.39. The van der Waals surface area contributed by atoms with E-state index < -0.39 is 47.3 Å². The number of rotatable bonds is 6. The second kappa shape index (κ2) is 8.97. The van der Waals surface area contributed by atoms with Crippen LogP contribution < -0.4 is 4.74 Å². The molecule has 3 rings (SSSR count). The first-order valence-corrected chi connectivity index (χ1v) is 9.23. The number of hydrogen-bond donors (Lipinski definition) is 0. The lowest BCUT2D eigenvalue weighted by Crippen LogP contribution is -2.18. The molecule has 2 heterocycles. The minimum absolute atomic E-state index is 0.0211. The number of Topliss-reactive ketones (excluding diaryl/α,β-unsaturated/α-hetero) is 1. The zero-order valence-corrected chi connectivity index (χ0v) is 16.5. The Labute approximate surface area is 178 Å². The lowest BCUT2D eigenvalue weighted by atomic mass is 9.86. The van der Waals surface area contributed by atoms with Gasteiger partial charge in [0.1, 0.15) is 11.4 Å². The van der Waals surface area contributed by atoms with Crippen LogP contribution in [-0.4, -0.2) is 22.9 Å². The molecule has 0 fully saturated rings. The predicted octanol–water partition coefficient (Wildman–Crippen LogP) is 5.93. The van der Waals surface area contributed by atoms with E-state index in [1.54, 1.807) is 0 Å². The van der Waals surface area contributed by atoms with E-state index in [-0.39, 0.29) is 11.3 Å². The molecule has 0 spiro atoms. The zero-order valence-electron chi connectivity index (χ0n) is 16.5. The summed E-state index contributed by atoms with van der Waals surface area (Å²) in [5.74, 6) is -1.47. The molecule has 0 aliphatic rings. The molecule has 0 N–H and O–H groups in total. The van der Waals surface area contributed by atoms with Gasteiger partial charge in [-0.15, -0.1) is 0 Å². The van der Waals surface area contributed by atoms with Crippen LogP contribution in [0.5, 0.6) is 5.75 Å². The highest BCUT2D eigenvalue weighted by Gasteiger charge is 2.37. The third kappa shape index (κ3) is 5.24. The number of aromatic nitrogens is 2. The Morgan fingerprint density at radius 2 is 1.62 bits per heavy atom. The fourth-order valence-corrected chi connectivity index (χ4v) is 3.17. The Kier molecular flexibility index (Phi) is 6.52. The summed E-state index contributed by atoms with van der Waals surface area (Å²) in [7, 11) is 1.40. The van der Waals surface area contributed by atoms with E-state index >= 15 is 0 Å². The summed E-state index contributed by atoms with van der Waals surface area (Å²) in [6, 6.07) is 8.36. The zero-order chi connectivity index (χ0) is 23.5. The van der Waals surface area contributed by atoms with Crippen molar-refractivity contribution in [1.82, 2.24) is 9.97 Å². The summed E-state index contributed by atoms with van der Waals surface area (Å²) in [5, 5.41) is 0. The van der Waals surface area contributed by atoms with Crippen LogP contribution in [0.3, 0.4) is 0 Å². The molecule has 0 aliphatic heterocycles. The average Bonchev–Trinajstić information content (AvgIpc) is 2.76. The minimum Gasteiger partial charge on any atom is -0.495 e. The normalized spacial score (nSPS) is 13.0. The van der Waals surface area contributed by atoms with E-state index in [9.17, 15) is 31.1 Å². The number of carbonyl (C=O) groups excluding carboxylic acids is 1. The van der Waals surface area contributed by atoms with Crippen molar-refractivity contribution in [1.29, 1.82) is 0 Å². The number of ether oxygens (including phenoxy) is 1. The summed E-state index contributed by atoms with van der Waals surface area (Å²) >= 11 is 0. The summed E-state index contributed by atoms with van der Waals surface area (Å²) in [5.41, 5.74) is -2.42. The Balaban J connectivity index is 2.05. The van der Waals surface area contributed by atoms with Crippen molar-refractivity contribution >= 4 is 5.78 Å². The second-order valence-corrected chi connectivity index (χ2v) is 6.82. The number of methoxy groups -OCH3 is 1. The first kappa shape index (κ1) is 23.2. The fraction of sp³-hybridized carbons (Fsp3) is 0.227. The van der Waals surface area contributed by atoms with Gasteiger partial charge in [-0.2, -0.15) is 26.3 Å². The Morgan fingerprint density at radius 1 is 0.938 bits per heavy atom. The van der Waals surface area contributed by atoms with Gasteiger partial charge in [-0.25, -0.2) is 4.98 Å². The molecular formula is C22H16F6N2O2. The molecule has 168 valence electrons. The fourth-order valence-electron chi connectivity index (χ4n) is 3.17. The number of alkyl halides is 6. The summed E-state index contributed by atoms with van der Waals surface area (Å²) < 4.78 is 84.5. The van der Waals surface area contributed by atoms with Gasteiger partial charge in [-0.3, -0.25) is 9.78 Å². The minimum atomic E-state index is -4.77. The Hall–Kier alpha value is -3.43. The van der Waals surface area contributed by atoms with Crippen molar-refractivity contribution < 1.29 is 35.9 Å². The molecule has 1 aromatic carbocycles. The number of pyridine rings is 2. The lowest BCUT2D eigenvalue weighted by molar-refractivity contribution is -0.139. The molecule has 2 aromatic heterocycles. The molecule has 0 aliphatic carbocycles. The third-order valence-corrected chi connectivity index (χ3v) is 4.76. The first-order chi connectivity index (χ1) is 15.0. The number of ketones is 1. The van der Waals surface area contributed by atoms with Gasteiger partial charge in [-0.05, 0) is 42.0 Å². The van der Waals surface area contributed by atoms with Gasteiger partial charge in [-0.1, -0.05) is 12.1 Å². The van der Waals surface area contributed by atoms with Gasteiger partial charge in [0.2, 0.25) is 0 Å². The first-order valence-electron chi connectivity index (χ1n) is 9.23. The van der Waals surface area contributed by atoms with E-state index in [0.29, 0.717) is 5.75 Å². The number of hydrogen-bond acceptors (Lipinski definition) is 4. The molecule has 10 heteroatoms. The highest BCUT2D eigenvalue weighted by atomic mass is 19.4. The van der Waals surface area contributed by atoms with E-state index in [0.717, 1.165) is 42.6 Å². The third-order valence-electron chi connectivity index (χ3n) is 4.76. The van der Waals surface area contributed by atoms with Gasteiger partial charge < -0.3 is 4.74 Å². The monoisotopic (exact) mass is 454 g/mol. The van der Waals surface area contributed by atoms with Crippen LogP contribution in [0.2, 0.25) is 0 Å². The van der Waals surface area contributed by atoms with E-state index in [2.05, 4.69) is 9.97 Å². The van der Waals surface area contributed by atoms with Crippen molar-refractivity contribution in [2.75, 3.05) is 7.11 Å². The molecule has 0 bridgehead atoms. The topological polar surface area (TPSA) is 52.1 Å². The van der Waals surface area contributed by atoms with Crippen molar-refractivity contribution in [2.24, 2.45) is 0 Å². The van der Waals surface area contributed by atoms with Crippen LogP contribution in [0, 0.1) is 0 Å². The van der Waals surface area contributed by atoms with Crippen molar-refractivity contribution in [3.63, 3.8) is 0 Å². The quantitative estimate of drug-likeness (QED) is 0.342. The highest BCUT2D eigenvalue weighted by molar-refractivity contribution is 5.95. The maximum atomic E-state index is 13.6. The van der Waals surface area contributed by atoms with Crippen LogP contribution in [0.25, 0.3) is 0 Å². The van der Waals surface area contributed by atoms with Gasteiger partial charge >= 0.3 is 12.4 Å². The molecule has 1 atom stereocenters. The standard InChI is InChI=1S/C22H16F6N2O2/c1-32-15-8-9-18(30-12-15)19(31)11-16(13-4-6-14(7-5-13)21(23,24)25)20-17(22(26,27)28)3-2-10-29-20/h2-10,12,16H,11H2,1H3/t16-/m0/s1. The van der Waals surface area contributed by atoms with Crippen molar-refractivity contribution in [2.45, 2.75) is 24.7 Å². The van der Waals surface area contributed by atoms with E-state index in [4.69, 9.17) is 4.74 Å².